The summed E-state index contributed by atoms with van der Waals surface area (Å²) in [6.45, 7) is 2.62. The molecule has 0 spiro atoms. The van der Waals surface area contributed by atoms with Gasteiger partial charge in [-0.2, -0.15) is 5.10 Å². The molecular weight excluding hydrogens is 358 g/mol. The Kier molecular flexibility index (Phi) is 5.64. The van der Waals surface area contributed by atoms with E-state index in [-0.39, 0.29) is 23.8 Å². The van der Waals surface area contributed by atoms with Gasteiger partial charge in [-0.15, -0.1) is 0 Å². The van der Waals surface area contributed by atoms with Crippen LogP contribution in [-0.2, 0) is 16.0 Å². The molecule has 0 aliphatic carbocycles. The van der Waals surface area contributed by atoms with E-state index in [0.717, 1.165) is 16.6 Å². The number of para-hydroxylation sites is 1. The summed E-state index contributed by atoms with van der Waals surface area (Å²) < 4.78 is 4.97. The number of phenols is 1. The van der Waals surface area contributed by atoms with Crippen molar-refractivity contribution in [2.45, 2.75) is 20.3 Å². The SMILES string of the molecule is CC(=O)N/N=C(/Cc1ccc2ccccc2n1)c1ccc(OC(C)=O)cc1O. The van der Waals surface area contributed by atoms with Gasteiger partial charge in [-0.05, 0) is 24.3 Å². The normalized spacial score (nSPS) is 11.3. The maximum Gasteiger partial charge on any atom is 0.308 e. The number of phenolic OH excluding ortho intramolecular Hbond substituents is 1. The van der Waals surface area contributed by atoms with Crippen molar-refractivity contribution < 1.29 is 19.4 Å². The highest BCUT2D eigenvalue weighted by molar-refractivity contribution is 6.04. The third-order valence-corrected chi connectivity index (χ3v) is 3.89. The van der Waals surface area contributed by atoms with Gasteiger partial charge < -0.3 is 9.84 Å². The van der Waals surface area contributed by atoms with Crippen molar-refractivity contribution in [3.63, 3.8) is 0 Å². The van der Waals surface area contributed by atoms with Crippen LogP contribution in [0.25, 0.3) is 10.9 Å². The summed E-state index contributed by atoms with van der Waals surface area (Å²) in [6, 6.07) is 16.0. The number of carbonyl (C=O) groups is 2. The first-order valence-corrected chi connectivity index (χ1v) is 8.62. The Hall–Kier alpha value is -3.74. The summed E-state index contributed by atoms with van der Waals surface area (Å²) >= 11 is 0. The van der Waals surface area contributed by atoms with E-state index in [9.17, 15) is 14.7 Å². The van der Waals surface area contributed by atoms with E-state index >= 15 is 0 Å². The Bertz CT molecular complexity index is 1080. The highest BCUT2D eigenvalue weighted by Crippen LogP contribution is 2.25. The summed E-state index contributed by atoms with van der Waals surface area (Å²) in [6.07, 6.45) is 0.283. The molecule has 0 aliphatic heterocycles. The second kappa shape index (κ2) is 8.30. The van der Waals surface area contributed by atoms with E-state index in [2.05, 4.69) is 15.5 Å². The first-order chi connectivity index (χ1) is 13.4. The van der Waals surface area contributed by atoms with Crippen molar-refractivity contribution in [1.29, 1.82) is 0 Å². The molecule has 1 heterocycles. The Morgan fingerprint density at radius 2 is 1.89 bits per heavy atom. The highest BCUT2D eigenvalue weighted by atomic mass is 16.5. The highest BCUT2D eigenvalue weighted by Gasteiger charge is 2.14. The van der Waals surface area contributed by atoms with Gasteiger partial charge in [-0.25, -0.2) is 5.43 Å². The second-order valence-electron chi connectivity index (χ2n) is 6.17. The van der Waals surface area contributed by atoms with Crippen LogP contribution in [0.2, 0.25) is 0 Å². The molecule has 0 unspecified atom stereocenters. The number of hydrogen-bond acceptors (Lipinski definition) is 6. The molecule has 0 aliphatic rings. The van der Waals surface area contributed by atoms with Gasteiger partial charge in [0, 0.05) is 43.0 Å². The minimum absolute atomic E-state index is 0.122. The van der Waals surface area contributed by atoms with Crippen molar-refractivity contribution in [2.75, 3.05) is 0 Å². The lowest BCUT2D eigenvalue weighted by atomic mass is 10.0. The number of aromatic hydroxyl groups is 1. The number of aromatic nitrogens is 1. The molecular formula is C21H19N3O4. The van der Waals surface area contributed by atoms with Crippen molar-refractivity contribution in [2.24, 2.45) is 5.10 Å². The van der Waals surface area contributed by atoms with Gasteiger partial charge in [0.15, 0.2) is 0 Å². The topological polar surface area (TPSA) is 101 Å². The van der Waals surface area contributed by atoms with Crippen LogP contribution in [0.3, 0.4) is 0 Å². The number of ether oxygens (including phenoxy) is 1. The van der Waals surface area contributed by atoms with Crippen LogP contribution in [0.1, 0.15) is 25.1 Å². The molecule has 0 saturated carbocycles. The molecule has 2 aromatic carbocycles. The average Bonchev–Trinajstić information content (AvgIpc) is 2.65. The van der Waals surface area contributed by atoms with Gasteiger partial charge in [-0.3, -0.25) is 14.6 Å². The van der Waals surface area contributed by atoms with E-state index in [1.165, 1.54) is 19.9 Å². The molecule has 0 fully saturated rings. The number of fused-ring (bicyclic) bond motifs is 1. The van der Waals surface area contributed by atoms with Gasteiger partial charge in [0.1, 0.15) is 11.5 Å². The van der Waals surface area contributed by atoms with E-state index in [4.69, 9.17) is 4.74 Å². The lowest BCUT2D eigenvalue weighted by Gasteiger charge is -2.11. The molecule has 0 atom stereocenters. The molecule has 28 heavy (non-hydrogen) atoms. The number of amides is 1. The van der Waals surface area contributed by atoms with Crippen LogP contribution < -0.4 is 10.2 Å². The molecule has 7 nitrogen and oxygen atoms in total. The lowest BCUT2D eigenvalue weighted by molar-refractivity contribution is -0.131. The molecule has 0 radical (unpaired) electrons. The number of carbonyl (C=O) groups excluding carboxylic acids is 2. The lowest BCUT2D eigenvalue weighted by Crippen LogP contribution is -2.18. The fraction of sp³-hybridized carbons (Fsp3) is 0.143. The fourth-order valence-electron chi connectivity index (χ4n) is 2.70. The van der Waals surface area contributed by atoms with Crippen LogP contribution in [-0.4, -0.2) is 27.7 Å². The third-order valence-electron chi connectivity index (χ3n) is 3.89. The third kappa shape index (κ3) is 4.70. The van der Waals surface area contributed by atoms with E-state index in [0.29, 0.717) is 11.3 Å². The predicted octanol–water partition coefficient (Wildman–Crippen LogP) is 2.95. The molecule has 3 rings (SSSR count). The average molecular weight is 377 g/mol. The summed E-state index contributed by atoms with van der Waals surface area (Å²) in [5.74, 6) is -0.722. The molecule has 142 valence electrons. The summed E-state index contributed by atoms with van der Waals surface area (Å²) in [7, 11) is 0. The Morgan fingerprint density at radius 1 is 1.11 bits per heavy atom. The molecule has 0 bridgehead atoms. The van der Waals surface area contributed by atoms with Gasteiger partial charge in [0.25, 0.3) is 0 Å². The number of benzene rings is 2. The smallest absolute Gasteiger partial charge is 0.308 e. The van der Waals surface area contributed by atoms with Crippen LogP contribution in [0.4, 0.5) is 0 Å². The quantitative estimate of drug-likeness (QED) is 0.308. The van der Waals surface area contributed by atoms with Gasteiger partial charge >= 0.3 is 5.97 Å². The van der Waals surface area contributed by atoms with Gasteiger partial charge in [0.05, 0.1) is 11.2 Å². The minimum atomic E-state index is -0.486. The summed E-state index contributed by atoms with van der Waals surface area (Å²) in [4.78, 5) is 27.0. The van der Waals surface area contributed by atoms with Gasteiger partial charge in [0.2, 0.25) is 5.91 Å². The monoisotopic (exact) mass is 377 g/mol. The van der Waals surface area contributed by atoms with E-state index in [1.807, 2.05) is 36.4 Å². The number of hydrogen-bond donors (Lipinski definition) is 2. The summed E-state index contributed by atoms with van der Waals surface area (Å²) in [5.41, 5.74) is 4.79. The number of nitrogens with zero attached hydrogens (tertiary/aromatic N) is 2. The van der Waals surface area contributed by atoms with Crippen molar-refractivity contribution >= 4 is 28.5 Å². The summed E-state index contributed by atoms with van der Waals surface area (Å²) in [5, 5.41) is 15.5. The maximum absolute atomic E-state index is 11.3. The van der Waals surface area contributed by atoms with Crippen molar-refractivity contribution in [1.82, 2.24) is 10.4 Å². The zero-order valence-electron chi connectivity index (χ0n) is 15.5. The second-order valence-corrected chi connectivity index (χ2v) is 6.17. The number of hydrazone groups is 1. The molecule has 0 saturated heterocycles. The Labute approximate surface area is 161 Å². The largest absolute Gasteiger partial charge is 0.507 e. The standard InChI is InChI=1S/C21H19N3O4/c1-13(25)23-24-20(18-10-9-17(12-21(18)27)28-14(2)26)11-16-8-7-15-5-3-4-6-19(15)22-16/h3-10,12,27H,11H2,1-2H3,(H,23,25)/b24-20-. The number of esters is 1. The van der Waals surface area contributed by atoms with E-state index in [1.54, 1.807) is 12.1 Å². The van der Waals surface area contributed by atoms with Crippen LogP contribution in [0, 0.1) is 0 Å². The predicted molar refractivity (Wildman–Crippen MR) is 105 cm³/mol. The zero-order chi connectivity index (χ0) is 20.1. The van der Waals surface area contributed by atoms with Crippen LogP contribution in [0.15, 0.2) is 59.7 Å². The van der Waals surface area contributed by atoms with Crippen LogP contribution in [0.5, 0.6) is 11.5 Å². The van der Waals surface area contributed by atoms with Gasteiger partial charge in [-0.1, -0.05) is 24.3 Å². The minimum Gasteiger partial charge on any atom is -0.507 e. The molecule has 3 aromatic rings. The van der Waals surface area contributed by atoms with Crippen LogP contribution >= 0.6 is 0 Å². The van der Waals surface area contributed by atoms with E-state index < -0.39 is 5.97 Å². The fourth-order valence-corrected chi connectivity index (χ4v) is 2.70. The molecule has 1 aromatic heterocycles. The number of pyridine rings is 1. The van der Waals surface area contributed by atoms with Crippen molar-refractivity contribution in [3.8, 4) is 11.5 Å². The molecule has 1 amide bonds. The van der Waals surface area contributed by atoms with Crippen molar-refractivity contribution in [3.05, 3.63) is 65.9 Å². The number of rotatable bonds is 5. The maximum atomic E-state index is 11.3. The first-order valence-electron chi connectivity index (χ1n) is 8.62. The Morgan fingerprint density at radius 3 is 2.61 bits per heavy atom. The first kappa shape index (κ1) is 19.0. The zero-order valence-corrected chi connectivity index (χ0v) is 15.5. The Balaban J connectivity index is 1.95. The molecule has 7 heteroatoms. The molecule has 2 N–H and O–H groups in total. The number of nitrogens with one attached hydrogen (secondary N) is 1.